The molecule has 0 aromatic carbocycles. The van der Waals surface area contributed by atoms with Crippen molar-refractivity contribution in [3.63, 3.8) is 0 Å². The van der Waals surface area contributed by atoms with E-state index in [0.29, 0.717) is 0 Å². The molecule has 1 atom stereocenters. The first-order valence-corrected chi connectivity index (χ1v) is 6.72. The van der Waals surface area contributed by atoms with E-state index in [0.717, 1.165) is 24.0 Å². The highest BCUT2D eigenvalue weighted by Gasteiger charge is 2.13. The SMILES string of the molecule is Cc1[nH]cnc1CNCC1CCCCS1. The van der Waals surface area contributed by atoms with E-state index in [1.807, 2.05) is 0 Å². The molecule has 1 aliphatic heterocycles. The van der Waals surface area contributed by atoms with Crippen LogP contribution in [0, 0.1) is 6.92 Å². The smallest absolute Gasteiger partial charge is 0.0925 e. The maximum Gasteiger partial charge on any atom is 0.0925 e. The van der Waals surface area contributed by atoms with E-state index in [9.17, 15) is 0 Å². The molecule has 4 heteroatoms. The molecule has 1 aromatic heterocycles. The maximum atomic E-state index is 4.27. The van der Waals surface area contributed by atoms with Gasteiger partial charge in [0.1, 0.15) is 0 Å². The van der Waals surface area contributed by atoms with Gasteiger partial charge in [0.2, 0.25) is 0 Å². The molecule has 2 heterocycles. The Bertz CT molecular complexity index is 292. The molecular weight excluding hydrogens is 206 g/mol. The van der Waals surface area contributed by atoms with Gasteiger partial charge in [-0.15, -0.1) is 0 Å². The fourth-order valence-electron chi connectivity index (χ4n) is 1.89. The number of aryl methyl sites for hydroxylation is 1. The average molecular weight is 225 g/mol. The highest BCUT2D eigenvalue weighted by Crippen LogP contribution is 2.24. The van der Waals surface area contributed by atoms with Gasteiger partial charge in [0, 0.05) is 24.0 Å². The first kappa shape index (κ1) is 11.0. The second-order valence-corrected chi connectivity index (χ2v) is 5.50. The maximum absolute atomic E-state index is 4.27. The lowest BCUT2D eigenvalue weighted by Gasteiger charge is -2.21. The first-order valence-electron chi connectivity index (χ1n) is 5.67. The van der Waals surface area contributed by atoms with Crippen LogP contribution in [0.4, 0.5) is 0 Å². The van der Waals surface area contributed by atoms with Gasteiger partial charge in [0.15, 0.2) is 0 Å². The number of aromatic nitrogens is 2. The van der Waals surface area contributed by atoms with Crippen molar-refractivity contribution < 1.29 is 0 Å². The Balaban J connectivity index is 1.68. The summed E-state index contributed by atoms with van der Waals surface area (Å²) in [7, 11) is 0. The molecule has 0 aliphatic carbocycles. The molecule has 1 aliphatic rings. The normalized spacial score (nSPS) is 21.8. The minimum absolute atomic E-state index is 0.818. The number of hydrogen-bond acceptors (Lipinski definition) is 3. The molecule has 84 valence electrons. The van der Waals surface area contributed by atoms with Gasteiger partial charge in [0.05, 0.1) is 12.0 Å². The van der Waals surface area contributed by atoms with Gasteiger partial charge < -0.3 is 10.3 Å². The van der Waals surface area contributed by atoms with Gasteiger partial charge in [-0.1, -0.05) is 6.42 Å². The standard InChI is InChI=1S/C11H19N3S/c1-9-11(14-8-13-9)7-12-6-10-4-2-3-5-15-10/h8,10,12H,2-7H2,1H3,(H,13,14). The number of imidazole rings is 1. The average Bonchev–Trinajstić information content (AvgIpc) is 2.66. The van der Waals surface area contributed by atoms with E-state index in [1.165, 1.54) is 30.7 Å². The number of thioether (sulfide) groups is 1. The molecule has 1 fully saturated rings. The van der Waals surface area contributed by atoms with E-state index in [-0.39, 0.29) is 0 Å². The van der Waals surface area contributed by atoms with Gasteiger partial charge in [0.25, 0.3) is 0 Å². The molecule has 2 rings (SSSR count). The van der Waals surface area contributed by atoms with E-state index in [2.05, 4.69) is 34.0 Å². The summed E-state index contributed by atoms with van der Waals surface area (Å²) in [6, 6.07) is 0. The molecule has 15 heavy (non-hydrogen) atoms. The highest BCUT2D eigenvalue weighted by molar-refractivity contribution is 7.99. The number of rotatable bonds is 4. The van der Waals surface area contributed by atoms with Crippen LogP contribution in [0.1, 0.15) is 30.7 Å². The van der Waals surface area contributed by atoms with Crippen LogP contribution in [-0.2, 0) is 6.54 Å². The van der Waals surface area contributed by atoms with Crippen LogP contribution in [0.5, 0.6) is 0 Å². The Labute approximate surface area is 95.4 Å². The van der Waals surface area contributed by atoms with Crippen molar-refractivity contribution in [2.45, 2.75) is 38.0 Å². The summed E-state index contributed by atoms with van der Waals surface area (Å²) in [5.41, 5.74) is 2.33. The molecule has 2 N–H and O–H groups in total. The van der Waals surface area contributed by atoms with E-state index in [4.69, 9.17) is 0 Å². The minimum atomic E-state index is 0.818. The highest BCUT2D eigenvalue weighted by atomic mass is 32.2. The fourth-order valence-corrected chi connectivity index (χ4v) is 3.16. The molecule has 1 aromatic rings. The summed E-state index contributed by atoms with van der Waals surface area (Å²) >= 11 is 2.11. The van der Waals surface area contributed by atoms with Crippen molar-refractivity contribution in [2.24, 2.45) is 0 Å². The van der Waals surface area contributed by atoms with Crippen LogP contribution in [0.2, 0.25) is 0 Å². The summed E-state index contributed by atoms with van der Waals surface area (Å²) < 4.78 is 0. The van der Waals surface area contributed by atoms with Crippen LogP contribution in [0.3, 0.4) is 0 Å². The van der Waals surface area contributed by atoms with Gasteiger partial charge in [-0.2, -0.15) is 11.8 Å². The quantitative estimate of drug-likeness (QED) is 0.824. The molecular formula is C11H19N3S. The predicted molar refractivity (Wildman–Crippen MR) is 65.1 cm³/mol. The van der Waals surface area contributed by atoms with Crippen molar-refractivity contribution in [1.82, 2.24) is 15.3 Å². The summed E-state index contributed by atoms with van der Waals surface area (Å²) in [6.07, 6.45) is 5.94. The minimum Gasteiger partial charge on any atom is -0.348 e. The van der Waals surface area contributed by atoms with E-state index in [1.54, 1.807) is 6.33 Å². The molecule has 0 bridgehead atoms. The van der Waals surface area contributed by atoms with Gasteiger partial charge >= 0.3 is 0 Å². The lowest BCUT2D eigenvalue weighted by atomic mass is 10.2. The topological polar surface area (TPSA) is 40.7 Å². The zero-order valence-electron chi connectivity index (χ0n) is 9.25. The monoisotopic (exact) mass is 225 g/mol. The molecule has 0 spiro atoms. The molecule has 0 saturated carbocycles. The molecule has 3 nitrogen and oxygen atoms in total. The number of hydrogen-bond donors (Lipinski definition) is 2. The Morgan fingerprint density at radius 2 is 2.53 bits per heavy atom. The zero-order chi connectivity index (χ0) is 10.5. The second-order valence-electron chi connectivity index (χ2n) is 4.09. The van der Waals surface area contributed by atoms with Crippen LogP contribution in [0.15, 0.2) is 6.33 Å². The Kier molecular flexibility index (Phi) is 4.09. The summed E-state index contributed by atoms with van der Waals surface area (Å²) in [5.74, 6) is 1.34. The lowest BCUT2D eigenvalue weighted by Crippen LogP contribution is -2.26. The lowest BCUT2D eigenvalue weighted by molar-refractivity contribution is 0.593. The van der Waals surface area contributed by atoms with Crippen LogP contribution in [-0.4, -0.2) is 27.5 Å². The van der Waals surface area contributed by atoms with Crippen LogP contribution >= 0.6 is 11.8 Å². The number of aromatic amines is 1. The number of nitrogens with zero attached hydrogens (tertiary/aromatic N) is 1. The Hall–Kier alpha value is -0.480. The first-order chi connectivity index (χ1) is 7.36. The molecule has 0 amide bonds. The largest absolute Gasteiger partial charge is 0.348 e. The van der Waals surface area contributed by atoms with Crippen LogP contribution in [0.25, 0.3) is 0 Å². The molecule has 1 saturated heterocycles. The van der Waals surface area contributed by atoms with Crippen LogP contribution < -0.4 is 5.32 Å². The molecule has 0 radical (unpaired) electrons. The van der Waals surface area contributed by atoms with Crippen molar-refractivity contribution in [3.05, 3.63) is 17.7 Å². The molecule has 1 unspecified atom stereocenters. The predicted octanol–water partition coefficient (Wildman–Crippen LogP) is 2.09. The summed E-state index contributed by atoms with van der Waals surface area (Å²) in [6.45, 7) is 4.09. The van der Waals surface area contributed by atoms with Crippen molar-refractivity contribution >= 4 is 11.8 Å². The fraction of sp³-hybridized carbons (Fsp3) is 0.727. The second kappa shape index (κ2) is 5.56. The van der Waals surface area contributed by atoms with E-state index < -0.39 is 0 Å². The summed E-state index contributed by atoms with van der Waals surface area (Å²) in [4.78, 5) is 7.37. The van der Waals surface area contributed by atoms with E-state index >= 15 is 0 Å². The van der Waals surface area contributed by atoms with Gasteiger partial charge in [-0.05, 0) is 25.5 Å². The van der Waals surface area contributed by atoms with Crippen molar-refractivity contribution in [2.75, 3.05) is 12.3 Å². The van der Waals surface area contributed by atoms with Gasteiger partial charge in [-0.25, -0.2) is 4.98 Å². The Morgan fingerprint density at radius 1 is 1.60 bits per heavy atom. The Morgan fingerprint density at radius 3 is 3.20 bits per heavy atom. The third kappa shape index (κ3) is 3.24. The third-order valence-corrected chi connectivity index (χ3v) is 4.27. The third-order valence-electron chi connectivity index (χ3n) is 2.87. The number of nitrogens with one attached hydrogen (secondary N) is 2. The van der Waals surface area contributed by atoms with Crippen molar-refractivity contribution in [1.29, 1.82) is 0 Å². The van der Waals surface area contributed by atoms with Crippen molar-refractivity contribution in [3.8, 4) is 0 Å². The zero-order valence-corrected chi connectivity index (χ0v) is 10.1. The summed E-state index contributed by atoms with van der Waals surface area (Å²) in [5, 5.41) is 4.31. The number of H-pyrrole nitrogens is 1. The van der Waals surface area contributed by atoms with Gasteiger partial charge in [-0.3, -0.25) is 0 Å².